The Kier molecular flexibility index (Phi) is 5.57. The lowest BCUT2D eigenvalue weighted by Crippen LogP contribution is -2.21. The van der Waals surface area contributed by atoms with Crippen molar-refractivity contribution in [1.82, 2.24) is 5.32 Å². The number of rotatable bonds is 5. The predicted octanol–water partition coefficient (Wildman–Crippen LogP) is 5.31. The molecule has 102 valence electrons. The smallest absolute Gasteiger partial charge is 0.124 e. The quantitative estimate of drug-likeness (QED) is 0.709. The van der Waals surface area contributed by atoms with Crippen LogP contribution in [0.5, 0.6) is 0 Å². The van der Waals surface area contributed by atoms with E-state index in [4.69, 9.17) is 0 Å². The highest BCUT2D eigenvalue weighted by Crippen LogP contribution is 2.25. The first-order chi connectivity index (χ1) is 9.06. The standard InChI is InChI=1S/C14H14Br2FNS/c1-9(12-4-2-10(17)8-13(12)15)18-7-6-11-3-5-14(16)19-11/h2-5,8-9,18H,6-7H2,1H3. The lowest BCUT2D eigenvalue weighted by molar-refractivity contribution is 0.572. The molecular formula is C14H14Br2FNS. The number of hydrogen-bond acceptors (Lipinski definition) is 2. The molecule has 1 nitrogen and oxygen atoms in total. The second-order valence-electron chi connectivity index (χ2n) is 4.30. The van der Waals surface area contributed by atoms with Crippen LogP contribution < -0.4 is 5.32 Å². The molecule has 1 atom stereocenters. The molecule has 0 radical (unpaired) electrons. The summed E-state index contributed by atoms with van der Waals surface area (Å²) in [6, 6.07) is 9.21. The average Bonchev–Trinajstić information content (AvgIpc) is 2.75. The summed E-state index contributed by atoms with van der Waals surface area (Å²) in [6.07, 6.45) is 0.999. The zero-order valence-corrected chi connectivity index (χ0v) is 14.4. The van der Waals surface area contributed by atoms with Gasteiger partial charge >= 0.3 is 0 Å². The minimum absolute atomic E-state index is 0.193. The predicted molar refractivity (Wildman–Crippen MR) is 86.2 cm³/mol. The van der Waals surface area contributed by atoms with Crippen LogP contribution in [0.4, 0.5) is 4.39 Å². The van der Waals surface area contributed by atoms with Crippen molar-refractivity contribution in [2.45, 2.75) is 19.4 Å². The summed E-state index contributed by atoms with van der Waals surface area (Å²) in [5.74, 6) is -0.216. The summed E-state index contributed by atoms with van der Waals surface area (Å²) in [7, 11) is 0. The van der Waals surface area contributed by atoms with Gasteiger partial charge in [-0.2, -0.15) is 0 Å². The molecular weight excluding hydrogens is 393 g/mol. The fourth-order valence-electron chi connectivity index (χ4n) is 1.86. The second kappa shape index (κ2) is 6.97. The van der Waals surface area contributed by atoms with E-state index in [2.05, 4.69) is 56.2 Å². The summed E-state index contributed by atoms with van der Waals surface area (Å²) in [6.45, 7) is 2.99. The first-order valence-corrected chi connectivity index (χ1v) is 8.39. The van der Waals surface area contributed by atoms with Gasteiger partial charge in [-0.05, 0) is 59.1 Å². The van der Waals surface area contributed by atoms with E-state index in [1.807, 2.05) is 6.07 Å². The Labute approximate surface area is 133 Å². The molecule has 0 bridgehead atoms. The molecule has 2 aromatic rings. The fraction of sp³-hybridized carbons (Fsp3) is 0.286. The Morgan fingerprint density at radius 1 is 1.26 bits per heavy atom. The van der Waals surface area contributed by atoms with Gasteiger partial charge in [-0.3, -0.25) is 0 Å². The van der Waals surface area contributed by atoms with E-state index in [1.54, 1.807) is 11.3 Å². The zero-order chi connectivity index (χ0) is 13.8. The third-order valence-corrected chi connectivity index (χ3v) is 5.25. The molecule has 1 aromatic heterocycles. The van der Waals surface area contributed by atoms with E-state index < -0.39 is 0 Å². The van der Waals surface area contributed by atoms with Gasteiger partial charge in [0.15, 0.2) is 0 Å². The van der Waals surface area contributed by atoms with Crippen LogP contribution in [-0.4, -0.2) is 6.54 Å². The lowest BCUT2D eigenvalue weighted by Gasteiger charge is -2.15. The molecule has 0 aliphatic carbocycles. The number of nitrogens with one attached hydrogen (secondary N) is 1. The van der Waals surface area contributed by atoms with Crippen molar-refractivity contribution < 1.29 is 4.39 Å². The largest absolute Gasteiger partial charge is 0.310 e. The van der Waals surface area contributed by atoms with E-state index >= 15 is 0 Å². The Morgan fingerprint density at radius 3 is 2.68 bits per heavy atom. The number of thiophene rings is 1. The van der Waals surface area contributed by atoms with Gasteiger partial charge in [-0.25, -0.2) is 4.39 Å². The van der Waals surface area contributed by atoms with E-state index in [9.17, 15) is 4.39 Å². The van der Waals surface area contributed by atoms with Gasteiger partial charge in [-0.1, -0.05) is 22.0 Å². The summed E-state index contributed by atoms with van der Waals surface area (Å²) in [4.78, 5) is 1.35. The molecule has 1 unspecified atom stereocenters. The molecule has 0 spiro atoms. The summed E-state index contributed by atoms with van der Waals surface area (Å²) in [5.41, 5.74) is 1.08. The molecule has 19 heavy (non-hydrogen) atoms. The molecule has 0 fully saturated rings. The Balaban J connectivity index is 1.88. The van der Waals surface area contributed by atoms with Gasteiger partial charge in [0.1, 0.15) is 5.82 Å². The molecule has 0 aliphatic heterocycles. The van der Waals surface area contributed by atoms with Crippen LogP contribution in [0.3, 0.4) is 0 Å². The van der Waals surface area contributed by atoms with Gasteiger partial charge in [0.25, 0.3) is 0 Å². The summed E-state index contributed by atoms with van der Waals surface area (Å²) in [5, 5.41) is 3.46. The number of halogens is 3. The van der Waals surface area contributed by atoms with Crippen molar-refractivity contribution in [2.75, 3.05) is 6.54 Å². The van der Waals surface area contributed by atoms with E-state index in [1.165, 1.54) is 17.0 Å². The molecule has 1 aromatic carbocycles. The Bertz CT molecular complexity index is 556. The van der Waals surface area contributed by atoms with Gasteiger partial charge < -0.3 is 5.32 Å². The third kappa shape index (κ3) is 4.38. The Morgan fingerprint density at radius 2 is 2.05 bits per heavy atom. The van der Waals surface area contributed by atoms with Crippen LogP contribution >= 0.6 is 43.2 Å². The van der Waals surface area contributed by atoms with Gasteiger partial charge in [0.05, 0.1) is 3.79 Å². The highest BCUT2D eigenvalue weighted by molar-refractivity contribution is 9.11. The molecule has 5 heteroatoms. The van der Waals surface area contributed by atoms with Crippen LogP contribution in [0.15, 0.2) is 38.6 Å². The first-order valence-electron chi connectivity index (χ1n) is 5.99. The van der Waals surface area contributed by atoms with Crippen molar-refractivity contribution in [3.05, 3.63) is 54.8 Å². The van der Waals surface area contributed by atoms with Gasteiger partial charge in [0.2, 0.25) is 0 Å². The molecule has 0 saturated heterocycles. The minimum Gasteiger partial charge on any atom is -0.310 e. The van der Waals surface area contributed by atoms with E-state index in [0.29, 0.717) is 0 Å². The lowest BCUT2D eigenvalue weighted by atomic mass is 10.1. The van der Waals surface area contributed by atoms with Crippen molar-refractivity contribution in [1.29, 1.82) is 0 Å². The highest BCUT2D eigenvalue weighted by Gasteiger charge is 2.09. The Hall–Kier alpha value is -0.230. The minimum atomic E-state index is -0.216. The highest BCUT2D eigenvalue weighted by atomic mass is 79.9. The van der Waals surface area contributed by atoms with Crippen LogP contribution in [0.2, 0.25) is 0 Å². The molecule has 1 N–H and O–H groups in total. The molecule has 0 saturated carbocycles. The van der Waals surface area contributed by atoms with Crippen LogP contribution in [0.1, 0.15) is 23.4 Å². The number of hydrogen-bond donors (Lipinski definition) is 1. The summed E-state index contributed by atoms with van der Waals surface area (Å²) < 4.78 is 15.0. The van der Waals surface area contributed by atoms with Crippen LogP contribution in [0, 0.1) is 5.82 Å². The van der Waals surface area contributed by atoms with Crippen molar-refractivity contribution in [2.24, 2.45) is 0 Å². The maximum absolute atomic E-state index is 13.0. The normalized spacial score (nSPS) is 12.6. The zero-order valence-electron chi connectivity index (χ0n) is 10.4. The average molecular weight is 407 g/mol. The maximum Gasteiger partial charge on any atom is 0.124 e. The van der Waals surface area contributed by atoms with Gasteiger partial charge in [0, 0.05) is 21.9 Å². The second-order valence-corrected chi connectivity index (χ2v) is 7.70. The molecule has 1 heterocycles. The topological polar surface area (TPSA) is 12.0 Å². The van der Waals surface area contributed by atoms with Gasteiger partial charge in [-0.15, -0.1) is 11.3 Å². The fourth-order valence-corrected chi connectivity index (χ4v) is 4.04. The monoisotopic (exact) mass is 405 g/mol. The summed E-state index contributed by atoms with van der Waals surface area (Å²) >= 11 is 8.62. The van der Waals surface area contributed by atoms with E-state index in [-0.39, 0.29) is 11.9 Å². The van der Waals surface area contributed by atoms with E-state index in [0.717, 1.165) is 26.8 Å². The first kappa shape index (κ1) is 15.2. The molecule has 0 amide bonds. The number of benzene rings is 1. The SMILES string of the molecule is CC(NCCc1ccc(Br)s1)c1ccc(F)cc1Br. The third-order valence-electron chi connectivity index (χ3n) is 2.88. The van der Waals surface area contributed by atoms with Crippen molar-refractivity contribution >= 4 is 43.2 Å². The maximum atomic E-state index is 13.0. The molecule has 2 rings (SSSR count). The molecule has 0 aliphatic rings. The van der Waals surface area contributed by atoms with Crippen LogP contribution in [0.25, 0.3) is 0 Å². The van der Waals surface area contributed by atoms with Crippen molar-refractivity contribution in [3.63, 3.8) is 0 Å². The van der Waals surface area contributed by atoms with Crippen molar-refractivity contribution in [3.8, 4) is 0 Å². The van der Waals surface area contributed by atoms with Crippen LogP contribution in [-0.2, 0) is 6.42 Å².